The van der Waals surface area contributed by atoms with Crippen molar-refractivity contribution >= 4 is 11.8 Å². The first kappa shape index (κ1) is 19.3. The molecular formula is C18H29N5O2. The molecule has 2 rings (SSSR count). The fraction of sp³-hybridized carbons (Fsp3) is 0.611. The molecule has 0 aliphatic carbocycles. The molecule has 25 heavy (non-hydrogen) atoms. The summed E-state index contributed by atoms with van der Waals surface area (Å²) >= 11 is 0. The number of pyridine rings is 1. The molecule has 0 radical (unpaired) electrons. The Morgan fingerprint density at radius 3 is 2.08 bits per heavy atom. The highest BCUT2D eigenvalue weighted by atomic mass is 16.2. The minimum absolute atomic E-state index is 0.193. The van der Waals surface area contributed by atoms with E-state index in [2.05, 4.69) is 26.3 Å². The number of nitrogens with one attached hydrogen (secondary N) is 4. The summed E-state index contributed by atoms with van der Waals surface area (Å²) in [7, 11) is 0. The number of aromatic nitrogens is 1. The van der Waals surface area contributed by atoms with Gasteiger partial charge in [0.1, 0.15) is 5.92 Å². The molecule has 1 aromatic rings. The van der Waals surface area contributed by atoms with E-state index in [4.69, 9.17) is 0 Å². The second-order valence-corrected chi connectivity index (χ2v) is 6.20. The van der Waals surface area contributed by atoms with E-state index in [0.29, 0.717) is 25.9 Å². The van der Waals surface area contributed by atoms with Crippen molar-refractivity contribution < 1.29 is 9.59 Å². The van der Waals surface area contributed by atoms with Crippen LogP contribution in [0.2, 0.25) is 0 Å². The van der Waals surface area contributed by atoms with Crippen LogP contribution < -0.4 is 21.3 Å². The molecule has 1 aliphatic heterocycles. The van der Waals surface area contributed by atoms with Gasteiger partial charge in [0.15, 0.2) is 0 Å². The molecule has 138 valence electrons. The summed E-state index contributed by atoms with van der Waals surface area (Å²) in [6.07, 6.45) is 4.49. The minimum Gasteiger partial charge on any atom is -0.355 e. The zero-order chi connectivity index (χ0) is 17.7. The number of carbonyl (C=O) groups is 2. The van der Waals surface area contributed by atoms with Gasteiger partial charge >= 0.3 is 0 Å². The van der Waals surface area contributed by atoms with Gasteiger partial charge < -0.3 is 21.3 Å². The average molecular weight is 347 g/mol. The fourth-order valence-electron chi connectivity index (χ4n) is 2.74. The van der Waals surface area contributed by atoms with Crippen LogP contribution in [0.5, 0.6) is 0 Å². The van der Waals surface area contributed by atoms with E-state index >= 15 is 0 Å². The van der Waals surface area contributed by atoms with Crippen molar-refractivity contribution in [2.24, 2.45) is 5.92 Å². The molecule has 1 saturated heterocycles. The summed E-state index contributed by atoms with van der Waals surface area (Å²) in [6.45, 7) is 4.68. The number of hydrogen-bond donors (Lipinski definition) is 4. The first-order valence-corrected chi connectivity index (χ1v) is 9.14. The van der Waals surface area contributed by atoms with E-state index in [1.54, 1.807) is 6.20 Å². The lowest BCUT2D eigenvalue weighted by Gasteiger charge is -2.16. The van der Waals surface area contributed by atoms with E-state index in [9.17, 15) is 9.59 Å². The third kappa shape index (κ3) is 7.62. The second kappa shape index (κ2) is 11.5. The third-order valence-electron chi connectivity index (χ3n) is 4.19. The lowest BCUT2D eigenvalue weighted by molar-refractivity contribution is -0.135. The largest absolute Gasteiger partial charge is 0.355 e. The highest BCUT2D eigenvalue weighted by Crippen LogP contribution is 2.09. The van der Waals surface area contributed by atoms with E-state index in [-0.39, 0.29) is 11.8 Å². The molecule has 1 aliphatic rings. The maximum absolute atomic E-state index is 12.5. The van der Waals surface area contributed by atoms with E-state index in [1.807, 2.05) is 18.2 Å². The van der Waals surface area contributed by atoms with Gasteiger partial charge in [-0.25, -0.2) is 0 Å². The maximum Gasteiger partial charge on any atom is 0.232 e. The summed E-state index contributed by atoms with van der Waals surface area (Å²) in [6, 6.07) is 5.69. The van der Waals surface area contributed by atoms with E-state index in [1.165, 1.54) is 0 Å². The Bertz CT molecular complexity index is 497. The van der Waals surface area contributed by atoms with Gasteiger partial charge in [0, 0.05) is 38.1 Å². The van der Waals surface area contributed by atoms with Crippen molar-refractivity contribution in [1.29, 1.82) is 0 Å². The lowest BCUT2D eigenvalue weighted by atomic mass is 9.99. The van der Waals surface area contributed by atoms with Gasteiger partial charge in [0.2, 0.25) is 11.8 Å². The topological polar surface area (TPSA) is 95.1 Å². The Morgan fingerprint density at radius 2 is 1.52 bits per heavy atom. The Balaban J connectivity index is 1.92. The minimum atomic E-state index is -0.673. The Morgan fingerprint density at radius 1 is 0.880 bits per heavy atom. The molecule has 0 aromatic carbocycles. The molecule has 4 N–H and O–H groups in total. The Labute approximate surface area is 149 Å². The normalized spacial score (nSPS) is 19.4. The molecule has 0 unspecified atom stereocenters. The highest BCUT2D eigenvalue weighted by molar-refractivity contribution is 6.00. The quantitative estimate of drug-likeness (QED) is 0.570. The second-order valence-electron chi connectivity index (χ2n) is 6.20. The number of hydrogen-bond acceptors (Lipinski definition) is 5. The van der Waals surface area contributed by atoms with Gasteiger partial charge in [-0.2, -0.15) is 0 Å². The van der Waals surface area contributed by atoms with Gasteiger partial charge in [-0.15, -0.1) is 0 Å². The van der Waals surface area contributed by atoms with Crippen molar-refractivity contribution in [2.45, 2.75) is 25.7 Å². The first-order chi connectivity index (χ1) is 12.3. The number of aryl methyl sites for hydroxylation is 1. The first-order valence-electron chi connectivity index (χ1n) is 9.14. The van der Waals surface area contributed by atoms with Crippen LogP contribution in [0.3, 0.4) is 0 Å². The number of amides is 2. The van der Waals surface area contributed by atoms with Crippen molar-refractivity contribution in [1.82, 2.24) is 26.3 Å². The predicted molar refractivity (Wildman–Crippen MR) is 97.0 cm³/mol. The summed E-state index contributed by atoms with van der Waals surface area (Å²) in [4.78, 5) is 29.2. The summed E-state index contributed by atoms with van der Waals surface area (Å²) in [5.74, 6) is -1.06. The van der Waals surface area contributed by atoms with Crippen molar-refractivity contribution in [3.05, 3.63) is 30.1 Å². The zero-order valence-electron chi connectivity index (χ0n) is 14.7. The smallest absolute Gasteiger partial charge is 0.232 e. The van der Waals surface area contributed by atoms with Gasteiger partial charge in [-0.05, 0) is 50.9 Å². The van der Waals surface area contributed by atoms with Gasteiger partial charge in [0.25, 0.3) is 0 Å². The predicted octanol–water partition coefficient (Wildman–Crippen LogP) is -0.164. The molecule has 7 heteroatoms. The van der Waals surface area contributed by atoms with Crippen molar-refractivity contribution in [3.8, 4) is 0 Å². The average Bonchev–Trinajstić information content (AvgIpc) is 2.63. The van der Waals surface area contributed by atoms with Gasteiger partial charge in [-0.1, -0.05) is 6.07 Å². The molecule has 0 atom stereocenters. The Hall–Kier alpha value is -1.99. The lowest BCUT2D eigenvalue weighted by Crippen LogP contribution is -2.42. The fourth-order valence-corrected chi connectivity index (χ4v) is 2.74. The van der Waals surface area contributed by atoms with Crippen LogP contribution >= 0.6 is 0 Å². The SMILES string of the molecule is O=C1NCCCNCCNCCCNC(=O)C1CCc1ccccn1. The molecule has 0 spiro atoms. The molecule has 2 amide bonds. The number of rotatable bonds is 3. The summed E-state index contributed by atoms with van der Waals surface area (Å²) < 4.78 is 0. The molecule has 0 saturated carbocycles. The van der Waals surface area contributed by atoms with Crippen LogP contribution in [0.1, 0.15) is 25.0 Å². The number of carbonyl (C=O) groups excluding carboxylic acids is 2. The zero-order valence-corrected chi connectivity index (χ0v) is 14.7. The van der Waals surface area contributed by atoms with E-state index in [0.717, 1.165) is 44.7 Å². The Kier molecular flexibility index (Phi) is 8.93. The van der Waals surface area contributed by atoms with E-state index < -0.39 is 5.92 Å². The van der Waals surface area contributed by atoms with Crippen LogP contribution in [0.4, 0.5) is 0 Å². The van der Waals surface area contributed by atoms with Crippen LogP contribution in [0, 0.1) is 5.92 Å². The van der Waals surface area contributed by atoms with Crippen LogP contribution in [-0.2, 0) is 16.0 Å². The van der Waals surface area contributed by atoms with Gasteiger partial charge in [0.05, 0.1) is 0 Å². The van der Waals surface area contributed by atoms with Crippen LogP contribution in [-0.4, -0.2) is 56.1 Å². The molecule has 2 heterocycles. The molecule has 0 bridgehead atoms. The van der Waals surface area contributed by atoms with Crippen LogP contribution in [0.25, 0.3) is 0 Å². The summed E-state index contributed by atoms with van der Waals surface area (Å²) in [5, 5.41) is 12.4. The molecule has 1 fully saturated rings. The van der Waals surface area contributed by atoms with Crippen LogP contribution in [0.15, 0.2) is 24.4 Å². The van der Waals surface area contributed by atoms with Gasteiger partial charge in [-0.3, -0.25) is 14.6 Å². The van der Waals surface area contributed by atoms with Crippen molar-refractivity contribution in [3.63, 3.8) is 0 Å². The maximum atomic E-state index is 12.5. The van der Waals surface area contributed by atoms with Crippen molar-refractivity contribution in [2.75, 3.05) is 39.3 Å². The molecule has 7 nitrogen and oxygen atoms in total. The molecule has 1 aromatic heterocycles. The number of nitrogens with zero attached hydrogens (tertiary/aromatic N) is 1. The standard InChI is InChI=1S/C18H29N5O2/c24-17-16(7-6-15-5-1-2-10-21-15)18(25)23-12-4-9-20-14-13-19-8-3-11-22-17/h1-2,5,10,16,19-20H,3-4,6-9,11-14H2,(H,22,24)(H,23,25). The molecular weight excluding hydrogens is 318 g/mol. The third-order valence-corrected chi connectivity index (χ3v) is 4.19. The summed E-state index contributed by atoms with van der Waals surface area (Å²) in [5.41, 5.74) is 0.896. The highest BCUT2D eigenvalue weighted by Gasteiger charge is 2.26. The monoisotopic (exact) mass is 347 g/mol.